The van der Waals surface area contributed by atoms with Gasteiger partial charge in [0.1, 0.15) is 11.5 Å². The Bertz CT molecular complexity index is 832. The molecule has 5 nitrogen and oxygen atoms in total. The van der Waals surface area contributed by atoms with Crippen molar-refractivity contribution >= 4 is 59.5 Å². The number of methoxy groups -OCH3 is 2. The van der Waals surface area contributed by atoms with E-state index < -0.39 is 11.7 Å². The Morgan fingerprint density at radius 1 is 0.926 bits per heavy atom. The van der Waals surface area contributed by atoms with E-state index in [1.54, 1.807) is 26.4 Å². The molecule has 0 atom stereocenters. The molecule has 2 rings (SSSR count). The molecule has 0 spiro atoms. The van der Waals surface area contributed by atoms with Crippen LogP contribution in [-0.4, -0.2) is 32.5 Å². The lowest BCUT2D eigenvalue weighted by molar-refractivity contribution is -0.137. The van der Waals surface area contributed by atoms with Gasteiger partial charge in [0.25, 0.3) is 5.91 Å². The van der Waals surface area contributed by atoms with Crippen LogP contribution in [-0.2, 0) is 22.4 Å². The van der Waals surface area contributed by atoms with Gasteiger partial charge in [-0.25, -0.2) is 0 Å². The highest BCUT2D eigenvalue weighted by molar-refractivity contribution is 9.11. The summed E-state index contributed by atoms with van der Waals surface area (Å²) in [6, 6.07) is 9.24. The number of halogens is 3. The van der Waals surface area contributed by atoms with E-state index in [9.17, 15) is 9.59 Å². The molecule has 0 aliphatic carbocycles. The van der Waals surface area contributed by atoms with E-state index in [1.165, 1.54) is 0 Å². The Labute approximate surface area is 183 Å². The fourth-order valence-corrected chi connectivity index (χ4v) is 4.65. The summed E-state index contributed by atoms with van der Waals surface area (Å²) in [5.74, 6) is 0.302. The molecule has 0 aliphatic heterocycles. The second-order valence-electron chi connectivity index (χ2n) is 5.67. The molecule has 0 aromatic heterocycles. The fraction of sp³-hybridized carbons (Fsp3) is 0.263. The molecule has 2 aromatic carbocycles. The minimum Gasteiger partial charge on any atom is -0.496 e. The molecule has 0 bridgehead atoms. The molecular weight excluding hydrogens is 546 g/mol. The maximum Gasteiger partial charge on any atom is 0.287 e. The number of hydrogen-bond donors (Lipinski definition) is 1. The molecule has 8 heteroatoms. The van der Waals surface area contributed by atoms with Crippen LogP contribution in [0.4, 0.5) is 0 Å². The topological polar surface area (TPSA) is 64.6 Å². The average molecular weight is 564 g/mol. The Kier molecular flexibility index (Phi) is 8.31. The van der Waals surface area contributed by atoms with Crippen molar-refractivity contribution in [3.05, 3.63) is 54.9 Å². The van der Waals surface area contributed by atoms with Crippen LogP contribution < -0.4 is 14.8 Å². The van der Waals surface area contributed by atoms with Gasteiger partial charge >= 0.3 is 0 Å². The van der Waals surface area contributed by atoms with E-state index in [0.717, 1.165) is 15.8 Å². The average Bonchev–Trinajstić information content (AvgIpc) is 2.61. The minimum absolute atomic E-state index is 0.0150. The quantitative estimate of drug-likeness (QED) is 0.482. The predicted molar refractivity (Wildman–Crippen MR) is 115 cm³/mol. The first-order valence-corrected chi connectivity index (χ1v) is 10.4. The van der Waals surface area contributed by atoms with E-state index in [1.807, 2.05) is 18.2 Å². The maximum absolute atomic E-state index is 12.2. The van der Waals surface area contributed by atoms with E-state index in [4.69, 9.17) is 9.47 Å². The smallest absolute Gasteiger partial charge is 0.287 e. The van der Waals surface area contributed by atoms with E-state index >= 15 is 0 Å². The van der Waals surface area contributed by atoms with Gasteiger partial charge in [-0.1, -0.05) is 6.07 Å². The molecule has 0 radical (unpaired) electrons. The second-order valence-corrected chi connectivity index (χ2v) is 8.23. The molecule has 0 fully saturated rings. The Morgan fingerprint density at radius 3 is 2.11 bits per heavy atom. The van der Waals surface area contributed by atoms with E-state index in [-0.39, 0.29) is 6.42 Å². The van der Waals surface area contributed by atoms with Gasteiger partial charge in [0.05, 0.1) is 27.6 Å². The number of Topliss-reactive ketones (excluding diaryl/α,β-unsaturated/α-hetero) is 1. The van der Waals surface area contributed by atoms with Crippen LogP contribution in [0.2, 0.25) is 0 Å². The predicted octanol–water partition coefficient (Wildman–Crippen LogP) is 4.46. The zero-order valence-corrected chi connectivity index (χ0v) is 19.5. The fourth-order valence-electron chi connectivity index (χ4n) is 2.46. The molecule has 1 amide bonds. The lowest BCUT2D eigenvalue weighted by Crippen LogP contribution is -2.33. The second kappa shape index (κ2) is 10.2. The molecule has 0 heterocycles. The molecule has 0 saturated carbocycles. The molecule has 1 N–H and O–H groups in total. The Hall–Kier alpha value is -1.38. The Morgan fingerprint density at radius 2 is 1.56 bits per heavy atom. The van der Waals surface area contributed by atoms with Crippen LogP contribution in [0.3, 0.4) is 0 Å². The van der Waals surface area contributed by atoms with Gasteiger partial charge in [-0.2, -0.15) is 0 Å². The number of carbonyl (C=O) groups excluding carboxylic acids is 2. The van der Waals surface area contributed by atoms with Gasteiger partial charge < -0.3 is 14.8 Å². The van der Waals surface area contributed by atoms with Gasteiger partial charge in [-0.15, -0.1) is 0 Å². The number of ether oxygens (including phenoxy) is 2. The first kappa shape index (κ1) is 21.9. The number of hydrogen-bond acceptors (Lipinski definition) is 4. The van der Waals surface area contributed by atoms with Crippen molar-refractivity contribution in [3.8, 4) is 11.5 Å². The molecular formula is C19H18Br3NO4. The maximum atomic E-state index is 12.2. The highest BCUT2D eigenvalue weighted by Gasteiger charge is 2.16. The van der Waals surface area contributed by atoms with Crippen molar-refractivity contribution in [2.75, 3.05) is 20.8 Å². The third-order valence-electron chi connectivity index (χ3n) is 3.80. The van der Waals surface area contributed by atoms with Gasteiger partial charge in [-0.3, -0.25) is 9.59 Å². The summed E-state index contributed by atoms with van der Waals surface area (Å²) in [4.78, 5) is 24.2. The lowest BCUT2D eigenvalue weighted by Gasteiger charge is -2.09. The van der Waals surface area contributed by atoms with Crippen LogP contribution >= 0.6 is 47.8 Å². The summed E-state index contributed by atoms with van der Waals surface area (Å²) in [5, 5.41) is 2.67. The monoisotopic (exact) mass is 561 g/mol. The summed E-state index contributed by atoms with van der Waals surface area (Å²) in [5.41, 5.74) is 1.74. The van der Waals surface area contributed by atoms with Crippen molar-refractivity contribution in [3.63, 3.8) is 0 Å². The first-order chi connectivity index (χ1) is 12.8. The van der Waals surface area contributed by atoms with Crippen LogP contribution in [0.5, 0.6) is 11.5 Å². The number of nitrogens with one attached hydrogen (secondary N) is 1. The third kappa shape index (κ3) is 6.05. The van der Waals surface area contributed by atoms with Crippen molar-refractivity contribution in [2.45, 2.75) is 12.8 Å². The summed E-state index contributed by atoms with van der Waals surface area (Å²) < 4.78 is 12.7. The van der Waals surface area contributed by atoms with E-state index in [0.29, 0.717) is 33.2 Å². The van der Waals surface area contributed by atoms with Gasteiger partial charge in [0.2, 0.25) is 5.78 Å². The number of rotatable bonds is 8. The SMILES string of the molecule is COc1ccc(CCNC(=O)C(=O)Cc2cc(Br)c(OC)c(Br)c2)cc1Br. The van der Waals surface area contributed by atoms with Crippen LogP contribution in [0.1, 0.15) is 11.1 Å². The van der Waals surface area contributed by atoms with Crippen LogP contribution in [0, 0.1) is 0 Å². The van der Waals surface area contributed by atoms with Gasteiger partial charge in [0.15, 0.2) is 0 Å². The number of amides is 1. The third-order valence-corrected chi connectivity index (χ3v) is 5.59. The molecule has 0 saturated heterocycles. The van der Waals surface area contributed by atoms with Gasteiger partial charge in [0, 0.05) is 13.0 Å². The minimum atomic E-state index is -0.592. The van der Waals surface area contributed by atoms with Crippen LogP contribution in [0.15, 0.2) is 43.7 Å². The number of benzene rings is 2. The Balaban J connectivity index is 1.89. The lowest BCUT2D eigenvalue weighted by atomic mass is 10.1. The van der Waals surface area contributed by atoms with Gasteiger partial charge in [-0.05, 0) is 89.6 Å². The molecule has 27 heavy (non-hydrogen) atoms. The van der Waals surface area contributed by atoms with Crippen molar-refractivity contribution in [1.82, 2.24) is 5.32 Å². The molecule has 0 unspecified atom stereocenters. The van der Waals surface area contributed by atoms with E-state index in [2.05, 4.69) is 53.1 Å². The van der Waals surface area contributed by atoms with Crippen molar-refractivity contribution in [1.29, 1.82) is 0 Å². The van der Waals surface area contributed by atoms with Crippen LogP contribution in [0.25, 0.3) is 0 Å². The molecule has 0 aliphatic rings. The summed E-state index contributed by atoms with van der Waals surface area (Å²) in [6.45, 7) is 0.374. The first-order valence-electron chi connectivity index (χ1n) is 8.01. The summed E-state index contributed by atoms with van der Waals surface area (Å²) in [6.07, 6.45) is 0.627. The molecule has 2 aromatic rings. The zero-order chi connectivity index (χ0) is 20.0. The van der Waals surface area contributed by atoms with Crippen molar-refractivity contribution < 1.29 is 19.1 Å². The highest BCUT2D eigenvalue weighted by Crippen LogP contribution is 2.34. The standard InChI is InChI=1S/C19H18Br3NO4/c1-26-17-4-3-11(7-13(17)20)5-6-23-19(25)16(24)10-12-8-14(21)18(27-2)15(22)9-12/h3-4,7-9H,5-6,10H2,1-2H3,(H,23,25). The van der Waals surface area contributed by atoms with Crippen molar-refractivity contribution in [2.24, 2.45) is 0 Å². The summed E-state index contributed by atoms with van der Waals surface area (Å²) >= 11 is 10.2. The molecule has 144 valence electrons. The number of ketones is 1. The largest absolute Gasteiger partial charge is 0.496 e. The highest BCUT2D eigenvalue weighted by atomic mass is 79.9. The summed E-state index contributed by atoms with van der Waals surface area (Å²) in [7, 11) is 3.16. The normalized spacial score (nSPS) is 10.4. The zero-order valence-electron chi connectivity index (χ0n) is 14.8. The number of carbonyl (C=O) groups is 2.